The van der Waals surface area contributed by atoms with Gasteiger partial charge in [-0.15, -0.1) is 0 Å². The van der Waals surface area contributed by atoms with Gasteiger partial charge in [-0.1, -0.05) is 36.4 Å². The third-order valence-corrected chi connectivity index (χ3v) is 2.91. The van der Waals surface area contributed by atoms with E-state index in [9.17, 15) is 5.11 Å². The minimum Gasteiger partial charge on any atom is -0.508 e. The molecule has 0 spiro atoms. The zero-order chi connectivity index (χ0) is 13.8. The lowest BCUT2D eigenvalue weighted by molar-refractivity contribution is 0.475. The van der Waals surface area contributed by atoms with Gasteiger partial charge in [0, 0.05) is 0 Å². The van der Waals surface area contributed by atoms with Crippen molar-refractivity contribution in [3.8, 4) is 28.4 Å². The molecule has 0 atom stereocenters. The molecule has 0 aliphatic heterocycles. The highest BCUT2D eigenvalue weighted by molar-refractivity contribution is 5.66. The van der Waals surface area contributed by atoms with Crippen LogP contribution >= 0.6 is 0 Å². The largest absolute Gasteiger partial charge is 0.508 e. The monoisotopic (exact) mass is 261 g/mol. The van der Waals surface area contributed by atoms with Crippen LogP contribution in [0.15, 0.2) is 72.8 Å². The second-order valence-corrected chi connectivity index (χ2v) is 4.40. The average Bonchev–Trinajstić information content (AvgIpc) is 2.49. The van der Waals surface area contributed by atoms with Crippen LogP contribution < -0.4 is 4.74 Å². The van der Waals surface area contributed by atoms with E-state index in [0.717, 1.165) is 22.6 Å². The molecule has 0 aliphatic carbocycles. The van der Waals surface area contributed by atoms with Gasteiger partial charge >= 0.3 is 0 Å². The molecule has 0 aromatic heterocycles. The molecule has 0 fully saturated rings. The summed E-state index contributed by atoms with van der Waals surface area (Å²) in [6, 6.07) is 25.4. The van der Waals surface area contributed by atoms with E-state index in [4.69, 9.17) is 4.74 Å². The molecule has 3 rings (SSSR count). The normalized spacial score (nSPS) is 10.2. The zero-order valence-electron chi connectivity index (χ0n) is 10.8. The van der Waals surface area contributed by atoms with Crippen LogP contribution in [0.5, 0.6) is 17.2 Å². The molecule has 3 aromatic carbocycles. The van der Waals surface area contributed by atoms with E-state index in [2.05, 4.69) is 6.07 Å². The lowest BCUT2D eigenvalue weighted by Crippen LogP contribution is -1.85. The highest BCUT2D eigenvalue weighted by Gasteiger charge is 2.02. The molecule has 1 N–H and O–H groups in total. The summed E-state index contributed by atoms with van der Waals surface area (Å²) in [6.07, 6.45) is 0. The Kier molecular flexibility index (Phi) is 3.38. The first-order chi connectivity index (χ1) is 9.81. The fraction of sp³-hybridized carbons (Fsp3) is 0. The van der Waals surface area contributed by atoms with Crippen molar-refractivity contribution in [3.05, 3.63) is 78.9 Å². The van der Waals surface area contributed by atoms with Crippen LogP contribution in [-0.2, 0) is 0 Å². The maximum atomic E-state index is 9.53. The number of benzene rings is 3. The molecule has 20 heavy (non-hydrogen) atoms. The number of rotatable bonds is 3. The van der Waals surface area contributed by atoms with Gasteiger partial charge in [0.25, 0.3) is 0 Å². The van der Waals surface area contributed by atoms with Crippen LogP contribution in [0.2, 0.25) is 0 Å². The quantitative estimate of drug-likeness (QED) is 0.743. The van der Waals surface area contributed by atoms with Gasteiger partial charge in [0.2, 0.25) is 0 Å². The van der Waals surface area contributed by atoms with E-state index >= 15 is 0 Å². The zero-order valence-corrected chi connectivity index (χ0v) is 10.8. The number of aromatic hydroxyl groups is 1. The summed E-state index contributed by atoms with van der Waals surface area (Å²) in [5, 5.41) is 9.53. The predicted molar refractivity (Wildman–Crippen MR) is 78.9 cm³/mol. The molecule has 0 saturated carbocycles. The molecule has 2 heteroatoms. The smallest absolute Gasteiger partial charge is 0.128 e. The van der Waals surface area contributed by atoms with Crippen molar-refractivity contribution < 1.29 is 9.84 Å². The highest BCUT2D eigenvalue weighted by Crippen LogP contribution is 2.28. The van der Waals surface area contributed by atoms with Crippen molar-refractivity contribution in [2.45, 2.75) is 0 Å². The van der Waals surface area contributed by atoms with Gasteiger partial charge in [-0.3, -0.25) is 0 Å². The fourth-order valence-corrected chi connectivity index (χ4v) is 1.97. The Balaban J connectivity index is 1.90. The number of phenolic OH excluding ortho intramolecular Hbond substituents is 1. The van der Waals surface area contributed by atoms with E-state index in [0.29, 0.717) is 0 Å². The van der Waals surface area contributed by atoms with Crippen LogP contribution in [0.1, 0.15) is 0 Å². The molecule has 1 radical (unpaired) electrons. The van der Waals surface area contributed by atoms with Gasteiger partial charge in [-0.25, -0.2) is 0 Å². The van der Waals surface area contributed by atoms with Crippen LogP contribution in [0, 0.1) is 6.07 Å². The summed E-state index contributed by atoms with van der Waals surface area (Å²) in [4.78, 5) is 0. The third-order valence-electron chi connectivity index (χ3n) is 2.91. The Morgan fingerprint density at radius 3 is 2.45 bits per heavy atom. The van der Waals surface area contributed by atoms with E-state index in [1.54, 1.807) is 12.1 Å². The Morgan fingerprint density at radius 2 is 1.65 bits per heavy atom. The SMILES string of the molecule is Oc1cccc(-c2[c]ccc(Oc3ccccc3)c2)c1. The van der Waals surface area contributed by atoms with Crippen LogP contribution in [0.4, 0.5) is 0 Å². The molecule has 0 unspecified atom stereocenters. The standard InChI is InChI=1S/C18H13O2/c19-16-8-4-6-14(12-16)15-7-5-11-18(13-15)20-17-9-2-1-3-10-17/h1-6,8-13,19H. The second-order valence-electron chi connectivity index (χ2n) is 4.40. The number of para-hydroxylation sites is 1. The van der Waals surface area contributed by atoms with Crippen molar-refractivity contribution in [1.29, 1.82) is 0 Å². The lowest BCUT2D eigenvalue weighted by atomic mass is 10.1. The molecule has 97 valence electrons. The van der Waals surface area contributed by atoms with Crippen molar-refractivity contribution in [2.24, 2.45) is 0 Å². The van der Waals surface area contributed by atoms with Crippen molar-refractivity contribution in [1.82, 2.24) is 0 Å². The fourth-order valence-electron chi connectivity index (χ4n) is 1.97. The number of hydrogen-bond donors (Lipinski definition) is 1. The van der Waals surface area contributed by atoms with Crippen LogP contribution in [-0.4, -0.2) is 5.11 Å². The van der Waals surface area contributed by atoms with E-state index in [1.165, 1.54) is 0 Å². The van der Waals surface area contributed by atoms with E-state index in [-0.39, 0.29) is 5.75 Å². The molecule has 0 heterocycles. The first kappa shape index (κ1) is 12.3. The van der Waals surface area contributed by atoms with Gasteiger partial charge in [0.05, 0.1) is 0 Å². The Labute approximate surface area is 117 Å². The minimum atomic E-state index is 0.241. The highest BCUT2D eigenvalue weighted by atomic mass is 16.5. The molecular weight excluding hydrogens is 248 g/mol. The van der Waals surface area contributed by atoms with Gasteiger partial charge in [-0.05, 0) is 53.6 Å². The summed E-state index contributed by atoms with van der Waals surface area (Å²) in [6.45, 7) is 0. The predicted octanol–water partition coefficient (Wildman–Crippen LogP) is 4.65. The number of ether oxygens (including phenoxy) is 1. The maximum absolute atomic E-state index is 9.53. The van der Waals surface area contributed by atoms with Gasteiger partial charge in [0.15, 0.2) is 0 Å². The van der Waals surface area contributed by atoms with E-state index < -0.39 is 0 Å². The van der Waals surface area contributed by atoms with Crippen molar-refractivity contribution in [3.63, 3.8) is 0 Å². The molecule has 0 saturated heterocycles. The number of phenols is 1. The summed E-state index contributed by atoms with van der Waals surface area (Å²) in [5.74, 6) is 1.78. The Bertz CT molecular complexity index is 705. The second kappa shape index (κ2) is 5.49. The first-order valence-electron chi connectivity index (χ1n) is 6.35. The average molecular weight is 261 g/mol. The first-order valence-corrected chi connectivity index (χ1v) is 6.35. The third kappa shape index (κ3) is 2.81. The minimum absolute atomic E-state index is 0.241. The molecule has 0 bridgehead atoms. The molecular formula is C18H13O2. The van der Waals surface area contributed by atoms with E-state index in [1.807, 2.05) is 60.7 Å². The summed E-state index contributed by atoms with van der Waals surface area (Å²) in [7, 11) is 0. The Hall–Kier alpha value is -2.74. The van der Waals surface area contributed by atoms with Gasteiger partial charge in [-0.2, -0.15) is 0 Å². The van der Waals surface area contributed by atoms with Crippen LogP contribution in [0.3, 0.4) is 0 Å². The summed E-state index contributed by atoms with van der Waals surface area (Å²) >= 11 is 0. The topological polar surface area (TPSA) is 29.5 Å². The van der Waals surface area contributed by atoms with Gasteiger partial charge < -0.3 is 9.84 Å². The summed E-state index contributed by atoms with van der Waals surface area (Å²) in [5.41, 5.74) is 1.79. The molecule has 0 amide bonds. The van der Waals surface area contributed by atoms with Gasteiger partial charge in [0.1, 0.15) is 17.2 Å². The molecule has 3 aromatic rings. The van der Waals surface area contributed by atoms with Crippen molar-refractivity contribution >= 4 is 0 Å². The molecule has 2 nitrogen and oxygen atoms in total. The lowest BCUT2D eigenvalue weighted by Gasteiger charge is -2.07. The summed E-state index contributed by atoms with van der Waals surface area (Å²) < 4.78 is 5.79. The number of hydrogen-bond acceptors (Lipinski definition) is 2. The maximum Gasteiger partial charge on any atom is 0.128 e. The molecule has 0 aliphatic rings. The van der Waals surface area contributed by atoms with Crippen molar-refractivity contribution in [2.75, 3.05) is 0 Å². The van der Waals surface area contributed by atoms with Crippen LogP contribution in [0.25, 0.3) is 11.1 Å². The Morgan fingerprint density at radius 1 is 0.800 bits per heavy atom.